The third-order valence-electron chi connectivity index (χ3n) is 1.27. The van der Waals surface area contributed by atoms with Crippen molar-refractivity contribution >= 4 is 24.8 Å². The molecule has 0 bridgehead atoms. The Hall–Kier alpha value is -0.250. The molecule has 1 aromatic rings. The maximum atomic E-state index is 5.34. The van der Waals surface area contributed by atoms with Gasteiger partial charge in [0.2, 0.25) is 0 Å². The molecule has 0 aliphatic carbocycles. The Morgan fingerprint density at radius 2 is 2.08 bits per heavy atom. The lowest BCUT2D eigenvalue weighted by molar-refractivity contribution is 0.470. The number of rotatable bonds is 2. The van der Waals surface area contributed by atoms with Crippen LogP contribution in [0.4, 0.5) is 0 Å². The first-order chi connectivity index (χ1) is 4.74. The number of aromatic nitrogens is 1. The normalized spacial score (nSPS) is 9.00. The first-order valence-electron chi connectivity index (χ1n) is 3.38. The molecule has 72 valence electrons. The van der Waals surface area contributed by atoms with E-state index in [2.05, 4.69) is 4.98 Å². The second-order valence-electron chi connectivity index (χ2n) is 2.54. The summed E-state index contributed by atoms with van der Waals surface area (Å²) < 4.78 is 5.13. The molecule has 0 aromatic carbocycles. The van der Waals surface area contributed by atoms with E-state index < -0.39 is 0 Å². The van der Waals surface area contributed by atoms with E-state index in [9.17, 15) is 0 Å². The molecule has 0 fully saturated rings. The van der Waals surface area contributed by atoms with E-state index in [-0.39, 0.29) is 24.8 Å². The van der Waals surface area contributed by atoms with Crippen LogP contribution in [0.5, 0.6) is 0 Å². The Morgan fingerprint density at radius 1 is 1.50 bits per heavy atom. The SMILES string of the molecule is CC(C)c1nc(CN)co1.Cl.Cl. The van der Waals surface area contributed by atoms with Gasteiger partial charge < -0.3 is 10.2 Å². The van der Waals surface area contributed by atoms with Crippen LogP contribution in [0.1, 0.15) is 31.4 Å². The summed E-state index contributed by atoms with van der Waals surface area (Å²) in [4.78, 5) is 4.14. The van der Waals surface area contributed by atoms with Gasteiger partial charge in [-0.2, -0.15) is 0 Å². The molecule has 5 heteroatoms. The van der Waals surface area contributed by atoms with Gasteiger partial charge >= 0.3 is 0 Å². The Morgan fingerprint density at radius 3 is 2.33 bits per heavy atom. The number of oxazole rings is 1. The van der Waals surface area contributed by atoms with Gasteiger partial charge in [-0.25, -0.2) is 4.98 Å². The molecular formula is C7H14Cl2N2O. The predicted octanol–water partition coefficient (Wildman–Crippen LogP) is 2.10. The third-order valence-corrected chi connectivity index (χ3v) is 1.27. The summed E-state index contributed by atoms with van der Waals surface area (Å²) in [6.45, 7) is 4.52. The summed E-state index contributed by atoms with van der Waals surface area (Å²) in [5.41, 5.74) is 6.16. The van der Waals surface area contributed by atoms with Crippen LogP contribution in [-0.2, 0) is 6.54 Å². The molecule has 0 unspecified atom stereocenters. The fourth-order valence-electron chi connectivity index (χ4n) is 0.682. The highest BCUT2D eigenvalue weighted by Crippen LogP contribution is 2.12. The molecule has 3 nitrogen and oxygen atoms in total. The molecule has 0 amide bonds. The molecule has 0 atom stereocenters. The van der Waals surface area contributed by atoms with Crippen molar-refractivity contribution in [2.24, 2.45) is 5.73 Å². The number of nitrogens with two attached hydrogens (primary N) is 1. The van der Waals surface area contributed by atoms with Gasteiger partial charge in [0, 0.05) is 12.5 Å². The first-order valence-corrected chi connectivity index (χ1v) is 3.38. The molecule has 0 saturated carbocycles. The molecular weight excluding hydrogens is 199 g/mol. The Balaban J connectivity index is 0. The van der Waals surface area contributed by atoms with Gasteiger partial charge in [0.05, 0.1) is 5.69 Å². The van der Waals surface area contributed by atoms with Gasteiger partial charge in [0.25, 0.3) is 0 Å². The average molecular weight is 213 g/mol. The van der Waals surface area contributed by atoms with Crippen LogP contribution in [0.2, 0.25) is 0 Å². The van der Waals surface area contributed by atoms with Crippen LogP contribution < -0.4 is 5.73 Å². The Kier molecular flexibility index (Phi) is 7.48. The molecule has 0 aliphatic heterocycles. The highest BCUT2D eigenvalue weighted by atomic mass is 35.5. The van der Waals surface area contributed by atoms with E-state index in [4.69, 9.17) is 10.2 Å². The van der Waals surface area contributed by atoms with Gasteiger partial charge in [-0.3, -0.25) is 0 Å². The predicted molar refractivity (Wildman–Crippen MR) is 53.0 cm³/mol. The minimum atomic E-state index is 0. The summed E-state index contributed by atoms with van der Waals surface area (Å²) in [7, 11) is 0. The molecule has 0 saturated heterocycles. The standard InChI is InChI=1S/C7H12N2O.2ClH/c1-5(2)7-9-6(3-8)4-10-7;;/h4-5H,3,8H2,1-2H3;2*1H. The molecule has 1 rings (SSSR count). The molecule has 1 heterocycles. The lowest BCUT2D eigenvalue weighted by Gasteiger charge is -1.93. The number of halogens is 2. The van der Waals surface area contributed by atoms with Gasteiger partial charge in [0.1, 0.15) is 6.26 Å². The molecule has 0 radical (unpaired) electrons. The van der Waals surface area contributed by atoms with Gasteiger partial charge in [-0.1, -0.05) is 13.8 Å². The fraction of sp³-hybridized carbons (Fsp3) is 0.571. The zero-order chi connectivity index (χ0) is 7.56. The third kappa shape index (κ3) is 3.43. The van der Waals surface area contributed by atoms with Crippen LogP contribution in [0.3, 0.4) is 0 Å². The topological polar surface area (TPSA) is 52.0 Å². The van der Waals surface area contributed by atoms with Crippen molar-refractivity contribution in [3.05, 3.63) is 17.8 Å². The quantitative estimate of drug-likeness (QED) is 0.818. The minimum absolute atomic E-state index is 0. The molecule has 0 aliphatic rings. The van der Waals surface area contributed by atoms with Crippen LogP contribution in [0, 0.1) is 0 Å². The van der Waals surface area contributed by atoms with Crippen LogP contribution in [-0.4, -0.2) is 4.98 Å². The number of nitrogens with zero attached hydrogens (tertiary/aromatic N) is 1. The Bertz CT molecular complexity index is 213. The summed E-state index contributed by atoms with van der Waals surface area (Å²) in [5, 5.41) is 0. The fourth-order valence-corrected chi connectivity index (χ4v) is 0.682. The van der Waals surface area contributed by atoms with Crippen molar-refractivity contribution in [3.8, 4) is 0 Å². The first kappa shape index (κ1) is 14.3. The van der Waals surface area contributed by atoms with Crippen molar-refractivity contribution in [2.75, 3.05) is 0 Å². The van der Waals surface area contributed by atoms with Crippen molar-refractivity contribution in [3.63, 3.8) is 0 Å². The molecule has 1 aromatic heterocycles. The smallest absolute Gasteiger partial charge is 0.196 e. The zero-order valence-electron chi connectivity index (χ0n) is 7.11. The highest BCUT2D eigenvalue weighted by Gasteiger charge is 2.05. The summed E-state index contributed by atoms with van der Waals surface area (Å²) >= 11 is 0. The highest BCUT2D eigenvalue weighted by molar-refractivity contribution is 5.85. The van der Waals surface area contributed by atoms with Crippen molar-refractivity contribution < 1.29 is 4.42 Å². The van der Waals surface area contributed by atoms with Crippen LogP contribution in [0.25, 0.3) is 0 Å². The van der Waals surface area contributed by atoms with Gasteiger partial charge in [0.15, 0.2) is 5.89 Å². The Labute approximate surface area is 84.6 Å². The van der Waals surface area contributed by atoms with Gasteiger partial charge in [-0.15, -0.1) is 24.8 Å². The van der Waals surface area contributed by atoms with Crippen LogP contribution >= 0.6 is 24.8 Å². The van der Waals surface area contributed by atoms with Crippen molar-refractivity contribution in [1.82, 2.24) is 4.98 Å². The van der Waals surface area contributed by atoms with Gasteiger partial charge in [-0.05, 0) is 0 Å². The summed E-state index contributed by atoms with van der Waals surface area (Å²) in [6.07, 6.45) is 1.61. The molecule has 12 heavy (non-hydrogen) atoms. The molecule has 2 N–H and O–H groups in total. The number of hydrogen-bond acceptors (Lipinski definition) is 3. The van der Waals surface area contributed by atoms with E-state index in [0.717, 1.165) is 11.6 Å². The van der Waals surface area contributed by atoms with Crippen LogP contribution in [0.15, 0.2) is 10.7 Å². The van der Waals surface area contributed by atoms with E-state index in [1.165, 1.54) is 0 Å². The van der Waals surface area contributed by atoms with E-state index >= 15 is 0 Å². The van der Waals surface area contributed by atoms with E-state index in [0.29, 0.717) is 12.5 Å². The summed E-state index contributed by atoms with van der Waals surface area (Å²) in [6, 6.07) is 0. The summed E-state index contributed by atoms with van der Waals surface area (Å²) in [5.74, 6) is 1.11. The zero-order valence-corrected chi connectivity index (χ0v) is 8.74. The maximum Gasteiger partial charge on any atom is 0.196 e. The van der Waals surface area contributed by atoms with Crippen molar-refractivity contribution in [1.29, 1.82) is 0 Å². The number of hydrogen-bond donors (Lipinski definition) is 1. The largest absolute Gasteiger partial charge is 0.448 e. The average Bonchev–Trinajstić information content (AvgIpc) is 2.34. The lowest BCUT2D eigenvalue weighted by Crippen LogP contribution is -1.96. The van der Waals surface area contributed by atoms with E-state index in [1.807, 2.05) is 13.8 Å². The molecule has 0 spiro atoms. The van der Waals surface area contributed by atoms with E-state index in [1.54, 1.807) is 6.26 Å². The minimum Gasteiger partial charge on any atom is -0.448 e. The second kappa shape index (κ2) is 6.29. The monoisotopic (exact) mass is 212 g/mol. The van der Waals surface area contributed by atoms with Crippen molar-refractivity contribution in [2.45, 2.75) is 26.3 Å². The lowest BCUT2D eigenvalue weighted by atomic mass is 10.2. The maximum absolute atomic E-state index is 5.34. The second-order valence-corrected chi connectivity index (χ2v) is 2.54.